The number of furan rings is 1. The molecule has 2 N–H and O–H groups in total. The number of nitrogens with one attached hydrogen (secondary N) is 2. The lowest BCUT2D eigenvalue weighted by Crippen LogP contribution is -2.23. The molecule has 0 unspecified atom stereocenters. The Labute approximate surface area is 181 Å². The van der Waals surface area contributed by atoms with Gasteiger partial charge in [0.05, 0.1) is 5.71 Å². The van der Waals surface area contributed by atoms with Crippen LogP contribution in [0.5, 0.6) is 0 Å². The minimum Gasteiger partial charge on any atom is -0.456 e. The molecule has 0 spiro atoms. The van der Waals surface area contributed by atoms with E-state index in [1.165, 1.54) is 5.56 Å². The minimum atomic E-state index is 0.440. The Hall–Kier alpha value is -3.86. The largest absolute Gasteiger partial charge is 0.456 e. The quantitative estimate of drug-likeness (QED) is 0.425. The molecule has 0 saturated carbocycles. The van der Waals surface area contributed by atoms with Gasteiger partial charge in [0.2, 0.25) is 0 Å². The predicted molar refractivity (Wildman–Crippen MR) is 129 cm³/mol. The first-order valence-corrected chi connectivity index (χ1v) is 10.4. The number of allylic oxidation sites excluding steroid dienone is 1. The van der Waals surface area contributed by atoms with Crippen LogP contribution in [0.1, 0.15) is 16.7 Å². The van der Waals surface area contributed by atoms with Crippen LogP contribution >= 0.6 is 0 Å². The van der Waals surface area contributed by atoms with E-state index in [2.05, 4.69) is 41.7 Å². The van der Waals surface area contributed by atoms with E-state index in [1.807, 2.05) is 55.5 Å². The van der Waals surface area contributed by atoms with Crippen molar-refractivity contribution >= 4 is 45.1 Å². The van der Waals surface area contributed by atoms with Crippen LogP contribution in [-0.2, 0) is 6.42 Å². The highest BCUT2D eigenvalue weighted by Crippen LogP contribution is 2.31. The third-order valence-electron chi connectivity index (χ3n) is 5.72. The van der Waals surface area contributed by atoms with Crippen molar-refractivity contribution in [3.63, 3.8) is 0 Å². The van der Waals surface area contributed by atoms with Gasteiger partial charge in [-0.3, -0.25) is 10.4 Å². The monoisotopic (exact) mass is 408 g/mol. The number of anilines is 1. The Morgan fingerprint density at radius 3 is 2.58 bits per heavy atom. The smallest absolute Gasteiger partial charge is 0.137 e. The third-order valence-corrected chi connectivity index (χ3v) is 5.72. The molecule has 4 aromatic rings. The van der Waals surface area contributed by atoms with Crippen molar-refractivity contribution in [3.05, 3.63) is 83.4 Å². The standard InChI is InChI=1S/C26H24N4O/c1-28-19-9-11-22-21-10-7-17(15-24(21)31-25(22)16-19)13-14-30(2)29-26-20-6-4-3-5-18(20)8-12-23(26)27/h3-12,15-16,27-28H,13-14H2,1-2H3/b27-23?,29-26-. The summed E-state index contributed by atoms with van der Waals surface area (Å²) in [6.45, 7) is 0.748. The fraction of sp³-hybridized carbons (Fsp3) is 0.154. The number of rotatable bonds is 5. The molecule has 154 valence electrons. The molecule has 0 saturated heterocycles. The van der Waals surface area contributed by atoms with Crippen LogP contribution in [-0.4, -0.2) is 37.1 Å². The summed E-state index contributed by atoms with van der Waals surface area (Å²) >= 11 is 0. The molecule has 0 amide bonds. The van der Waals surface area contributed by atoms with E-state index < -0.39 is 0 Å². The molecule has 5 nitrogen and oxygen atoms in total. The van der Waals surface area contributed by atoms with Crippen molar-refractivity contribution in [3.8, 4) is 0 Å². The lowest BCUT2D eigenvalue weighted by atomic mass is 9.94. The Balaban J connectivity index is 1.35. The fourth-order valence-corrected chi connectivity index (χ4v) is 4.01. The van der Waals surface area contributed by atoms with Crippen molar-refractivity contribution in [2.75, 3.05) is 26.0 Å². The van der Waals surface area contributed by atoms with Crippen LogP contribution in [0.3, 0.4) is 0 Å². The lowest BCUT2D eigenvalue weighted by Gasteiger charge is -2.19. The van der Waals surface area contributed by atoms with Gasteiger partial charge in [-0.05, 0) is 41.8 Å². The summed E-state index contributed by atoms with van der Waals surface area (Å²) < 4.78 is 6.10. The number of likely N-dealkylation sites (N-methyl/N-ethyl adjacent to an activating group) is 1. The third kappa shape index (κ3) is 3.59. The number of hydrogen-bond donors (Lipinski definition) is 2. The van der Waals surface area contributed by atoms with Crippen LogP contribution in [0.4, 0.5) is 5.69 Å². The average Bonchev–Trinajstić information content (AvgIpc) is 3.16. The van der Waals surface area contributed by atoms with Crippen molar-refractivity contribution in [2.24, 2.45) is 5.10 Å². The molecular weight excluding hydrogens is 384 g/mol. The highest BCUT2D eigenvalue weighted by atomic mass is 16.3. The summed E-state index contributed by atoms with van der Waals surface area (Å²) in [7, 11) is 3.87. The van der Waals surface area contributed by atoms with Crippen LogP contribution < -0.4 is 5.32 Å². The van der Waals surface area contributed by atoms with Gasteiger partial charge in [0.25, 0.3) is 0 Å². The Morgan fingerprint density at radius 1 is 0.968 bits per heavy atom. The highest BCUT2D eigenvalue weighted by molar-refractivity contribution is 6.53. The number of benzene rings is 3. The summed E-state index contributed by atoms with van der Waals surface area (Å²) in [4.78, 5) is 0. The van der Waals surface area contributed by atoms with Gasteiger partial charge in [-0.1, -0.05) is 42.5 Å². The van der Waals surface area contributed by atoms with E-state index in [0.29, 0.717) is 11.4 Å². The molecule has 0 atom stereocenters. The molecule has 1 aliphatic carbocycles. The summed E-state index contributed by atoms with van der Waals surface area (Å²) in [5.41, 5.74) is 7.30. The second kappa shape index (κ2) is 7.76. The lowest BCUT2D eigenvalue weighted by molar-refractivity contribution is 0.360. The van der Waals surface area contributed by atoms with Crippen LogP contribution in [0.15, 0.2) is 76.3 Å². The summed E-state index contributed by atoms with van der Waals surface area (Å²) in [6, 6.07) is 20.7. The SMILES string of the molecule is CNc1ccc2c(c1)oc1cc(CCN(C)/N=C3\C(=N)C=Cc4ccccc43)ccc12. The van der Waals surface area contributed by atoms with Crippen LogP contribution in [0.25, 0.3) is 28.0 Å². The zero-order valence-electron chi connectivity index (χ0n) is 17.6. The first kappa shape index (κ1) is 19.1. The molecule has 31 heavy (non-hydrogen) atoms. The van der Waals surface area contributed by atoms with E-state index in [-0.39, 0.29) is 0 Å². The van der Waals surface area contributed by atoms with Crippen molar-refractivity contribution < 1.29 is 4.42 Å². The van der Waals surface area contributed by atoms with Gasteiger partial charge < -0.3 is 9.73 Å². The molecule has 0 radical (unpaired) electrons. The Morgan fingerprint density at radius 2 is 1.74 bits per heavy atom. The predicted octanol–water partition coefficient (Wildman–Crippen LogP) is 5.55. The van der Waals surface area contributed by atoms with Crippen molar-refractivity contribution in [1.29, 1.82) is 5.41 Å². The van der Waals surface area contributed by atoms with Crippen LogP contribution in [0, 0.1) is 5.41 Å². The zero-order chi connectivity index (χ0) is 21.4. The van der Waals surface area contributed by atoms with E-state index in [9.17, 15) is 0 Å². The van der Waals surface area contributed by atoms with Crippen molar-refractivity contribution in [2.45, 2.75) is 6.42 Å². The van der Waals surface area contributed by atoms with Gasteiger partial charge in [-0.2, -0.15) is 5.10 Å². The van der Waals surface area contributed by atoms with Gasteiger partial charge >= 0.3 is 0 Å². The van der Waals surface area contributed by atoms with Gasteiger partial charge in [0.15, 0.2) is 0 Å². The van der Waals surface area contributed by atoms with Crippen LogP contribution in [0.2, 0.25) is 0 Å². The molecule has 3 aromatic carbocycles. The number of nitrogens with zero attached hydrogens (tertiary/aromatic N) is 2. The fourth-order valence-electron chi connectivity index (χ4n) is 4.01. The normalized spacial score (nSPS) is 14.4. The Kier molecular flexibility index (Phi) is 4.79. The van der Waals surface area contributed by atoms with Crippen molar-refractivity contribution in [1.82, 2.24) is 5.01 Å². The molecular formula is C26H24N4O. The zero-order valence-corrected chi connectivity index (χ0v) is 17.6. The number of hydrazone groups is 1. The second-order valence-electron chi connectivity index (χ2n) is 7.81. The van der Waals surface area contributed by atoms with Gasteiger partial charge in [0, 0.05) is 48.7 Å². The van der Waals surface area contributed by atoms with E-state index in [0.717, 1.165) is 51.7 Å². The van der Waals surface area contributed by atoms with Gasteiger partial charge in [-0.15, -0.1) is 0 Å². The maximum atomic E-state index is 8.28. The molecule has 5 rings (SSSR count). The topological polar surface area (TPSA) is 64.6 Å². The molecule has 0 bridgehead atoms. The molecule has 0 fully saturated rings. The number of fused-ring (bicyclic) bond motifs is 4. The Bertz CT molecular complexity index is 1360. The molecule has 1 aliphatic rings. The second-order valence-corrected chi connectivity index (χ2v) is 7.81. The number of hydrogen-bond acceptors (Lipinski definition) is 5. The molecule has 1 heterocycles. The molecule has 1 aromatic heterocycles. The van der Waals surface area contributed by atoms with E-state index >= 15 is 0 Å². The van der Waals surface area contributed by atoms with Gasteiger partial charge in [-0.25, -0.2) is 0 Å². The molecule has 0 aliphatic heterocycles. The summed E-state index contributed by atoms with van der Waals surface area (Å²) in [5, 5.41) is 20.3. The molecule has 5 heteroatoms. The average molecular weight is 409 g/mol. The minimum absolute atomic E-state index is 0.440. The summed E-state index contributed by atoms with van der Waals surface area (Å²) in [5.74, 6) is 0. The van der Waals surface area contributed by atoms with E-state index in [1.54, 1.807) is 0 Å². The first-order chi connectivity index (χ1) is 15.1. The maximum Gasteiger partial charge on any atom is 0.137 e. The van der Waals surface area contributed by atoms with E-state index in [4.69, 9.17) is 14.9 Å². The first-order valence-electron chi connectivity index (χ1n) is 10.4. The highest BCUT2D eigenvalue weighted by Gasteiger charge is 2.16. The summed E-state index contributed by atoms with van der Waals surface area (Å²) in [6.07, 6.45) is 4.62. The van der Waals surface area contributed by atoms with Gasteiger partial charge in [0.1, 0.15) is 16.9 Å². The maximum absolute atomic E-state index is 8.28.